The van der Waals surface area contributed by atoms with Crippen molar-refractivity contribution < 1.29 is 48.3 Å². The van der Waals surface area contributed by atoms with Gasteiger partial charge >= 0.3 is 23.9 Å². The van der Waals surface area contributed by atoms with Gasteiger partial charge in [-0.3, -0.25) is 4.79 Å². The fourth-order valence-electron chi connectivity index (χ4n) is 6.89. The summed E-state index contributed by atoms with van der Waals surface area (Å²) in [6, 6.07) is 18.0. The van der Waals surface area contributed by atoms with Crippen molar-refractivity contribution in [1.29, 1.82) is 10.5 Å². The van der Waals surface area contributed by atoms with E-state index in [1.807, 2.05) is 33.8 Å². The third kappa shape index (κ3) is 13.0. The van der Waals surface area contributed by atoms with Crippen LogP contribution >= 0.6 is 0 Å². The van der Waals surface area contributed by atoms with Gasteiger partial charge in [0.15, 0.2) is 5.69 Å². The molecule has 1 aliphatic rings. The number of allylic oxidation sites excluding steroid dienone is 1. The van der Waals surface area contributed by atoms with Crippen LogP contribution in [0.5, 0.6) is 5.88 Å². The molecule has 5 rings (SSSR count). The van der Waals surface area contributed by atoms with Crippen LogP contribution in [0, 0.1) is 29.6 Å². The molecule has 0 atom stereocenters. The Morgan fingerprint density at radius 3 is 1.59 bits per heavy atom. The molecule has 0 radical (unpaired) electrons. The molecule has 2 N–H and O–H groups in total. The normalized spacial score (nSPS) is 12.5. The van der Waals surface area contributed by atoms with E-state index in [1.54, 1.807) is 13.0 Å². The summed E-state index contributed by atoms with van der Waals surface area (Å²) < 4.78 is 22.4. The molecule has 370 valence electrons. The molecule has 0 aliphatic carbocycles. The summed E-state index contributed by atoms with van der Waals surface area (Å²) in [6.45, 7) is 11.1. The van der Waals surface area contributed by atoms with E-state index < -0.39 is 46.8 Å². The Bertz CT molecular complexity index is 2940. The summed E-state index contributed by atoms with van der Waals surface area (Å²) in [5.74, 6) is -4.02. The van der Waals surface area contributed by atoms with E-state index in [4.69, 9.17) is 18.9 Å². The lowest BCUT2D eigenvalue weighted by Crippen LogP contribution is -2.30. The van der Waals surface area contributed by atoms with Gasteiger partial charge in [0, 0.05) is 11.3 Å². The van der Waals surface area contributed by atoms with Crippen molar-refractivity contribution in [3.8, 4) is 23.7 Å². The Morgan fingerprint density at radius 2 is 1.11 bits per heavy atom. The summed E-state index contributed by atoms with van der Waals surface area (Å²) in [4.78, 5) is 67.6. The zero-order valence-electron chi connectivity index (χ0n) is 40.6. The van der Waals surface area contributed by atoms with Crippen molar-refractivity contribution in [2.75, 3.05) is 37.9 Å². The minimum atomic E-state index is -0.933. The number of carbonyl (C=O) groups is 4. The molecule has 2 heterocycles. The molecule has 1 aliphatic heterocycles. The summed E-state index contributed by atoms with van der Waals surface area (Å²) in [5.41, 5.74) is -1.40. The third-order valence-electron chi connectivity index (χ3n) is 11.2. The van der Waals surface area contributed by atoms with Gasteiger partial charge in [0.25, 0.3) is 5.56 Å². The molecule has 19 heteroatoms. The number of rotatable bonds is 22. The van der Waals surface area contributed by atoms with Gasteiger partial charge in [0.2, 0.25) is 11.8 Å². The van der Waals surface area contributed by atoms with Crippen LogP contribution in [0.25, 0.3) is 5.69 Å². The topological polar surface area (TPSA) is 268 Å². The summed E-state index contributed by atoms with van der Waals surface area (Å²) in [6.07, 6.45) is 5.62. The number of aromatic nitrogens is 1. The highest BCUT2D eigenvalue weighted by atomic mass is 16.5. The highest BCUT2D eigenvalue weighted by molar-refractivity contribution is 5.99. The number of esters is 4. The van der Waals surface area contributed by atoms with E-state index >= 15 is 0 Å². The Kier molecular flexibility index (Phi) is 19.4. The first-order valence-corrected chi connectivity index (χ1v) is 23.3. The second-order valence-electron chi connectivity index (χ2n) is 16.2. The minimum Gasteiger partial charge on any atom is -0.493 e. The van der Waals surface area contributed by atoms with Crippen molar-refractivity contribution in [3.63, 3.8) is 0 Å². The number of nitrogens with zero attached hydrogens (tertiary/aromatic N) is 8. The molecule has 0 saturated carbocycles. The number of nitriles is 2. The molecule has 0 bridgehead atoms. The average molecular weight is 969 g/mol. The summed E-state index contributed by atoms with van der Waals surface area (Å²) >= 11 is 0. The zero-order valence-corrected chi connectivity index (χ0v) is 40.6. The fourth-order valence-corrected chi connectivity index (χ4v) is 6.89. The van der Waals surface area contributed by atoms with Crippen molar-refractivity contribution in [2.45, 2.75) is 92.9 Å². The van der Waals surface area contributed by atoms with Gasteiger partial charge in [-0.2, -0.15) is 10.5 Å². The second kappa shape index (κ2) is 25.8. The van der Waals surface area contributed by atoms with Crippen molar-refractivity contribution in [2.24, 2.45) is 20.5 Å². The summed E-state index contributed by atoms with van der Waals surface area (Å²) in [7, 11) is 0. The molecular weight excluding hydrogens is 913 g/mol. The monoisotopic (exact) mass is 968 g/mol. The van der Waals surface area contributed by atoms with Crippen molar-refractivity contribution in [1.82, 2.24) is 4.57 Å². The largest absolute Gasteiger partial charge is 0.493 e. The maximum Gasteiger partial charge on any atom is 0.340 e. The molecule has 0 amide bonds. The maximum atomic E-state index is 14.0. The van der Waals surface area contributed by atoms with Gasteiger partial charge in [0.1, 0.15) is 28.7 Å². The highest BCUT2D eigenvalue weighted by Crippen LogP contribution is 2.38. The molecule has 4 aromatic rings. The minimum absolute atomic E-state index is 0.00964. The van der Waals surface area contributed by atoms with E-state index in [9.17, 15) is 44.7 Å². The molecule has 3 aromatic carbocycles. The van der Waals surface area contributed by atoms with Crippen LogP contribution in [0.3, 0.4) is 0 Å². The van der Waals surface area contributed by atoms with Gasteiger partial charge in [0.05, 0.1) is 72.6 Å². The molecule has 0 fully saturated rings. The predicted octanol–water partition coefficient (Wildman–Crippen LogP) is 11.1. The van der Waals surface area contributed by atoms with E-state index in [-0.39, 0.29) is 106 Å². The Hall–Kier alpha value is -8.45. The number of hydrogen-bond donors (Lipinski definition) is 2. The number of aromatic hydroxyl groups is 1. The van der Waals surface area contributed by atoms with Crippen LogP contribution in [-0.2, 0) is 18.9 Å². The smallest absolute Gasteiger partial charge is 0.340 e. The first kappa shape index (κ1) is 53.5. The lowest BCUT2D eigenvalue weighted by Gasteiger charge is -2.29. The number of azo groups is 2. The first-order chi connectivity index (χ1) is 34.2. The zero-order chi connectivity index (χ0) is 51.6. The number of hydrogen-bond acceptors (Lipinski definition) is 18. The number of benzene rings is 3. The van der Waals surface area contributed by atoms with Crippen LogP contribution in [0.15, 0.2) is 109 Å². The number of ether oxygens (including phenoxy) is 4. The van der Waals surface area contributed by atoms with Gasteiger partial charge in [-0.15, -0.1) is 20.5 Å². The van der Waals surface area contributed by atoms with Gasteiger partial charge < -0.3 is 34.1 Å². The predicted molar refractivity (Wildman–Crippen MR) is 261 cm³/mol. The van der Waals surface area contributed by atoms with Crippen LogP contribution in [0.2, 0.25) is 0 Å². The van der Waals surface area contributed by atoms with Crippen LogP contribution in [-0.4, -0.2) is 71.6 Å². The number of aliphatic hydroxyl groups excluding tert-OH is 1. The third-order valence-corrected chi connectivity index (χ3v) is 11.2. The van der Waals surface area contributed by atoms with Crippen LogP contribution < -0.4 is 10.5 Å². The first-order valence-electron chi connectivity index (χ1n) is 23.3. The molecular formula is C52H56N8O11. The van der Waals surface area contributed by atoms with E-state index in [0.29, 0.717) is 25.7 Å². The SMILES string of the molecule is CCCCOC(=O)c1ccc(C(=O)OCCCC)c(N=NC2=C(O)N(c3cccc(-n4c(O)c(N=Nc5cc(C(=O)OCCCC)ccc5C(=O)OCCCC)c(C)c(C#N)c4=O)c3)CC(C#N)=C2C)c1. The molecule has 1 aromatic heterocycles. The number of pyridine rings is 1. The van der Waals surface area contributed by atoms with Gasteiger partial charge in [-0.05, 0) is 99.7 Å². The highest BCUT2D eigenvalue weighted by Gasteiger charge is 2.29. The number of unbranched alkanes of at least 4 members (excludes halogenated alkanes) is 4. The van der Waals surface area contributed by atoms with E-state index in [2.05, 4.69) is 26.5 Å². The Morgan fingerprint density at radius 1 is 0.634 bits per heavy atom. The Labute approximate surface area is 411 Å². The molecule has 0 saturated heterocycles. The number of aliphatic hydroxyl groups is 1. The van der Waals surface area contributed by atoms with Gasteiger partial charge in [-0.1, -0.05) is 59.4 Å². The van der Waals surface area contributed by atoms with Crippen molar-refractivity contribution >= 4 is 46.6 Å². The second-order valence-corrected chi connectivity index (χ2v) is 16.2. The van der Waals surface area contributed by atoms with Crippen LogP contribution in [0.1, 0.15) is 139 Å². The van der Waals surface area contributed by atoms with E-state index in [0.717, 1.165) is 30.3 Å². The average Bonchev–Trinajstić information content (AvgIpc) is 3.36. The molecule has 71 heavy (non-hydrogen) atoms. The number of anilines is 1. The Balaban J connectivity index is 1.59. The molecule has 19 nitrogen and oxygen atoms in total. The van der Waals surface area contributed by atoms with E-state index in [1.165, 1.54) is 66.4 Å². The fraction of sp³-hybridized carbons (Fsp3) is 0.365. The lowest BCUT2D eigenvalue weighted by molar-refractivity contribution is 0.0486. The molecule has 0 unspecified atom stereocenters. The molecule has 0 spiro atoms. The lowest BCUT2D eigenvalue weighted by atomic mass is 10.0. The quantitative estimate of drug-likeness (QED) is 0.0321. The number of carbonyl (C=O) groups excluding carboxylic acids is 4. The summed E-state index contributed by atoms with van der Waals surface area (Å²) in [5, 5.41) is 61.2. The standard InChI is InChI=1S/C52H56N8O11/c1-7-11-22-68-49(64)34-18-20-39(51(66)70-24-13-9-3)42(26-34)55-57-44-32(5)36(29-53)31-59(47(44)62)37-16-15-17-38(28-37)60-46(61)41(30-54)33(6)45(48(60)63)58-56-43-27-35(50(65)69-23-12-8-2)19-21-40(43)52(67)71-25-14-10-4/h15-21,26-28,62-63H,7-14,22-25,31H2,1-6H3. The van der Waals surface area contributed by atoms with Gasteiger partial charge in [-0.25, -0.2) is 23.7 Å². The van der Waals surface area contributed by atoms with Crippen molar-refractivity contribution in [3.05, 3.63) is 127 Å². The maximum absolute atomic E-state index is 14.0. The van der Waals surface area contributed by atoms with Crippen LogP contribution in [0.4, 0.5) is 22.7 Å².